The van der Waals surface area contributed by atoms with Crippen molar-refractivity contribution in [1.29, 1.82) is 0 Å². The largest absolute Gasteiger partial charge is 0.508 e. The Kier molecular flexibility index (Phi) is 7.07. The van der Waals surface area contributed by atoms with Gasteiger partial charge in [-0.1, -0.05) is 0 Å². The van der Waals surface area contributed by atoms with Crippen LogP contribution in [0, 0.1) is 0 Å². The molecule has 4 rings (SSSR count). The molecule has 3 aromatic rings. The number of ether oxygens (including phenoxy) is 1. The maximum Gasteiger partial charge on any atom is 0.319 e. The average molecular weight is 473 g/mol. The number of carbonyl (C=O) groups is 1. The molecule has 182 valence electrons. The number of carbonyl (C=O) groups excluding carboxylic acids is 1. The molecule has 0 spiro atoms. The molecule has 3 heterocycles. The molecule has 1 aromatic carbocycles. The highest BCUT2D eigenvalue weighted by molar-refractivity contribution is 5.89. The number of nitrogen functional groups attached to an aromatic ring is 1. The van der Waals surface area contributed by atoms with Crippen LogP contribution < -0.4 is 16.4 Å². The molecule has 34 heavy (non-hydrogen) atoms. The van der Waals surface area contributed by atoms with Crippen LogP contribution in [0.3, 0.4) is 0 Å². The van der Waals surface area contributed by atoms with E-state index >= 15 is 0 Å². The van der Waals surface area contributed by atoms with Crippen molar-refractivity contribution in [2.45, 2.75) is 31.0 Å². The minimum absolute atomic E-state index is 0.126. The Labute approximate surface area is 195 Å². The topological polar surface area (TPSA) is 184 Å². The summed E-state index contributed by atoms with van der Waals surface area (Å²) in [5.74, 6) is 0.347. The van der Waals surface area contributed by atoms with Gasteiger partial charge in [0.25, 0.3) is 0 Å². The predicted octanol–water partition coefficient (Wildman–Crippen LogP) is -0.123. The molecule has 7 N–H and O–H groups in total. The van der Waals surface area contributed by atoms with Crippen molar-refractivity contribution in [2.24, 2.45) is 0 Å². The standard InChI is InChI=1S/C21H28N8O5/c1-28(8-2-7-23-21(33)27-12-3-5-13(30)6-4-12)9-14-16(31)17(32)20(34-14)29-11-26-15-18(22)24-10-25-19(15)29/h3-6,10-11,14,16-17,20,30-32H,2,7-9H2,1H3,(H2,22,24,25)(H2,23,27,33)/t14-,16-,17-,20-/m1/s1. The van der Waals surface area contributed by atoms with Crippen LogP contribution in [-0.2, 0) is 4.74 Å². The molecule has 1 saturated heterocycles. The van der Waals surface area contributed by atoms with E-state index in [0.29, 0.717) is 42.9 Å². The number of phenolic OH excluding ortho intramolecular Hbond substituents is 1. The zero-order chi connectivity index (χ0) is 24.2. The average Bonchev–Trinajstić information content (AvgIpc) is 3.36. The number of aliphatic hydroxyl groups excluding tert-OH is 2. The summed E-state index contributed by atoms with van der Waals surface area (Å²) in [6.45, 7) is 1.44. The normalized spacial score (nSPS) is 22.4. The molecule has 1 aliphatic rings. The fourth-order valence-corrected chi connectivity index (χ4v) is 3.84. The van der Waals surface area contributed by atoms with Crippen molar-refractivity contribution in [3.8, 4) is 5.75 Å². The number of imidazole rings is 1. The summed E-state index contributed by atoms with van der Waals surface area (Å²) in [5.41, 5.74) is 7.20. The third-order valence-corrected chi connectivity index (χ3v) is 5.62. The minimum atomic E-state index is -1.17. The van der Waals surface area contributed by atoms with Gasteiger partial charge in [0.1, 0.15) is 35.9 Å². The van der Waals surface area contributed by atoms with Crippen molar-refractivity contribution < 1.29 is 24.9 Å². The zero-order valence-corrected chi connectivity index (χ0v) is 18.6. The van der Waals surface area contributed by atoms with Crippen molar-refractivity contribution in [3.63, 3.8) is 0 Å². The lowest BCUT2D eigenvalue weighted by Gasteiger charge is -2.22. The van der Waals surface area contributed by atoms with Gasteiger partial charge in [0.15, 0.2) is 17.7 Å². The lowest BCUT2D eigenvalue weighted by atomic mass is 10.1. The third kappa shape index (κ3) is 5.17. The van der Waals surface area contributed by atoms with E-state index in [4.69, 9.17) is 10.5 Å². The van der Waals surface area contributed by atoms with Gasteiger partial charge in [-0.3, -0.25) is 4.57 Å². The first-order chi connectivity index (χ1) is 16.3. The Balaban J connectivity index is 1.24. The van der Waals surface area contributed by atoms with Crippen LogP contribution in [0.2, 0.25) is 0 Å². The molecule has 0 unspecified atom stereocenters. The number of nitrogens with two attached hydrogens (primary N) is 1. The molecule has 2 amide bonds. The van der Waals surface area contributed by atoms with Gasteiger partial charge in [0, 0.05) is 18.8 Å². The Hall–Kier alpha value is -3.52. The SMILES string of the molecule is CN(CCCNC(=O)Nc1ccc(O)cc1)C[C@H]1O[C@@H](n2cnc3c(N)ncnc32)[C@H](O)[C@@H]1O. The molecule has 13 nitrogen and oxygen atoms in total. The summed E-state index contributed by atoms with van der Waals surface area (Å²) in [7, 11) is 1.87. The highest BCUT2D eigenvalue weighted by Crippen LogP contribution is 2.32. The number of likely N-dealkylation sites (N-methyl/N-ethyl adjacent to an activating group) is 1. The van der Waals surface area contributed by atoms with Crippen molar-refractivity contribution >= 4 is 28.7 Å². The summed E-state index contributed by atoms with van der Waals surface area (Å²) in [6.07, 6.45) is -0.341. The lowest BCUT2D eigenvalue weighted by Crippen LogP contribution is -2.39. The minimum Gasteiger partial charge on any atom is -0.508 e. The second-order valence-electron chi connectivity index (χ2n) is 8.17. The molecule has 0 bridgehead atoms. The number of aromatic hydroxyl groups is 1. The smallest absolute Gasteiger partial charge is 0.319 e. The van der Waals surface area contributed by atoms with Gasteiger partial charge in [-0.25, -0.2) is 19.7 Å². The van der Waals surface area contributed by atoms with Crippen molar-refractivity contribution in [1.82, 2.24) is 29.7 Å². The Morgan fingerprint density at radius 2 is 1.97 bits per heavy atom. The summed E-state index contributed by atoms with van der Waals surface area (Å²) in [6, 6.07) is 5.84. The van der Waals surface area contributed by atoms with Gasteiger partial charge in [-0.15, -0.1) is 0 Å². The number of nitrogens with one attached hydrogen (secondary N) is 2. The summed E-state index contributed by atoms with van der Waals surface area (Å²) >= 11 is 0. The van der Waals surface area contributed by atoms with Gasteiger partial charge < -0.3 is 41.3 Å². The van der Waals surface area contributed by atoms with Crippen LogP contribution in [0.25, 0.3) is 11.2 Å². The van der Waals surface area contributed by atoms with Gasteiger partial charge in [-0.05, 0) is 44.3 Å². The quantitative estimate of drug-likeness (QED) is 0.191. The van der Waals surface area contributed by atoms with Crippen LogP contribution in [0.15, 0.2) is 36.9 Å². The number of rotatable bonds is 8. The van der Waals surface area contributed by atoms with E-state index < -0.39 is 24.5 Å². The molecule has 1 fully saturated rings. The maximum atomic E-state index is 12.0. The maximum absolute atomic E-state index is 12.0. The van der Waals surface area contributed by atoms with Gasteiger partial charge in [0.05, 0.1) is 6.33 Å². The number of nitrogens with zero attached hydrogens (tertiary/aromatic N) is 5. The number of hydrogen-bond acceptors (Lipinski definition) is 10. The molecule has 1 aliphatic heterocycles. The second kappa shape index (κ2) is 10.2. The summed E-state index contributed by atoms with van der Waals surface area (Å²) in [4.78, 5) is 26.2. The van der Waals surface area contributed by atoms with Crippen LogP contribution in [-0.4, -0.2) is 90.8 Å². The predicted molar refractivity (Wildman–Crippen MR) is 123 cm³/mol. The Morgan fingerprint density at radius 3 is 2.74 bits per heavy atom. The molecule has 2 aromatic heterocycles. The summed E-state index contributed by atoms with van der Waals surface area (Å²) in [5, 5.41) is 35.8. The number of fused-ring (bicyclic) bond motifs is 1. The highest BCUT2D eigenvalue weighted by atomic mass is 16.6. The number of benzene rings is 1. The first-order valence-electron chi connectivity index (χ1n) is 10.8. The van der Waals surface area contributed by atoms with Gasteiger partial charge in [-0.2, -0.15) is 0 Å². The van der Waals surface area contributed by atoms with Crippen molar-refractivity contribution in [3.05, 3.63) is 36.9 Å². The molecule has 0 saturated carbocycles. The second-order valence-corrected chi connectivity index (χ2v) is 8.17. The molecule has 13 heteroatoms. The van der Waals surface area contributed by atoms with Gasteiger partial charge in [0.2, 0.25) is 0 Å². The van der Waals surface area contributed by atoms with E-state index in [1.807, 2.05) is 11.9 Å². The number of phenols is 1. The number of anilines is 2. The number of aliphatic hydroxyl groups is 2. The van der Waals surface area contributed by atoms with E-state index in [-0.39, 0.29) is 17.6 Å². The van der Waals surface area contributed by atoms with E-state index in [9.17, 15) is 20.1 Å². The van der Waals surface area contributed by atoms with E-state index in [1.165, 1.54) is 29.4 Å². The molecule has 0 radical (unpaired) electrons. The monoisotopic (exact) mass is 472 g/mol. The number of urea groups is 1. The van der Waals surface area contributed by atoms with Crippen LogP contribution in [0.5, 0.6) is 5.75 Å². The Bertz CT molecular complexity index is 1120. The molecule has 4 atom stereocenters. The van der Waals surface area contributed by atoms with E-state index in [0.717, 1.165) is 0 Å². The van der Waals surface area contributed by atoms with Crippen molar-refractivity contribution in [2.75, 3.05) is 37.7 Å². The number of aromatic nitrogens is 4. The first-order valence-corrected chi connectivity index (χ1v) is 10.8. The number of hydrogen-bond donors (Lipinski definition) is 6. The third-order valence-electron chi connectivity index (χ3n) is 5.62. The highest BCUT2D eigenvalue weighted by Gasteiger charge is 2.44. The van der Waals surface area contributed by atoms with Crippen LogP contribution >= 0.6 is 0 Å². The fourth-order valence-electron chi connectivity index (χ4n) is 3.84. The summed E-state index contributed by atoms with van der Waals surface area (Å²) < 4.78 is 7.49. The fraction of sp³-hybridized carbons (Fsp3) is 0.429. The Morgan fingerprint density at radius 1 is 1.21 bits per heavy atom. The molecular formula is C21H28N8O5. The van der Waals surface area contributed by atoms with E-state index in [2.05, 4.69) is 25.6 Å². The zero-order valence-electron chi connectivity index (χ0n) is 18.6. The lowest BCUT2D eigenvalue weighted by molar-refractivity contribution is -0.0421. The van der Waals surface area contributed by atoms with E-state index in [1.54, 1.807) is 12.1 Å². The first kappa shape index (κ1) is 23.6. The number of amides is 2. The van der Waals surface area contributed by atoms with Gasteiger partial charge >= 0.3 is 6.03 Å². The van der Waals surface area contributed by atoms with Crippen LogP contribution in [0.1, 0.15) is 12.6 Å². The molecular weight excluding hydrogens is 444 g/mol. The van der Waals surface area contributed by atoms with Crippen LogP contribution in [0.4, 0.5) is 16.3 Å². The molecule has 0 aliphatic carbocycles.